The number of carboxylic acids is 1. The molecule has 1 heterocycles. The summed E-state index contributed by atoms with van der Waals surface area (Å²) in [6.45, 7) is 6.29. The number of aliphatic carboxylic acids is 1. The minimum absolute atomic E-state index is 0.00292. The van der Waals surface area contributed by atoms with Crippen LogP contribution in [-0.2, 0) is 27.5 Å². The topological polar surface area (TPSA) is 117 Å². The number of hydrogen-bond acceptors (Lipinski definition) is 5. The molecule has 0 saturated heterocycles. The van der Waals surface area contributed by atoms with Crippen molar-refractivity contribution in [3.8, 4) is 5.75 Å². The molecule has 2 aromatic carbocycles. The number of fused-ring (bicyclic) bond motifs is 1. The van der Waals surface area contributed by atoms with Gasteiger partial charge >= 0.3 is 5.97 Å². The number of ether oxygens (including phenoxy) is 1. The first-order valence-electron chi connectivity index (χ1n) is 11.2. The third kappa shape index (κ3) is 7.61. The second-order valence-corrected chi connectivity index (χ2v) is 8.63. The van der Waals surface area contributed by atoms with Crippen molar-refractivity contribution >= 4 is 23.5 Å². The van der Waals surface area contributed by atoms with E-state index in [1.165, 1.54) is 5.56 Å². The molecule has 0 fully saturated rings. The van der Waals surface area contributed by atoms with Crippen molar-refractivity contribution in [2.45, 2.75) is 52.2 Å². The molecule has 0 radical (unpaired) electrons. The molecule has 0 bridgehead atoms. The number of hydrogen-bond donors (Lipinski definition) is 4. The molecule has 0 saturated carbocycles. The SMILES string of the molecule is CC(C)COc1ccc(C(CC(=O)O)NC(=O)CCC(=O)Nc2ccc3c(c2)CNC3)cc1. The third-order valence-corrected chi connectivity index (χ3v) is 5.28. The molecule has 2 aromatic rings. The lowest BCUT2D eigenvalue weighted by Crippen LogP contribution is -2.30. The zero-order valence-corrected chi connectivity index (χ0v) is 19.0. The van der Waals surface area contributed by atoms with Crippen LogP contribution in [0.25, 0.3) is 0 Å². The minimum atomic E-state index is -1.02. The van der Waals surface area contributed by atoms with Crippen LogP contribution in [-0.4, -0.2) is 29.5 Å². The maximum Gasteiger partial charge on any atom is 0.305 e. The first-order chi connectivity index (χ1) is 15.8. The van der Waals surface area contributed by atoms with Gasteiger partial charge < -0.3 is 25.8 Å². The summed E-state index contributed by atoms with van der Waals surface area (Å²) < 4.78 is 5.65. The molecule has 1 aliphatic rings. The summed E-state index contributed by atoms with van der Waals surface area (Å²) in [7, 11) is 0. The average Bonchev–Trinajstić information content (AvgIpc) is 3.24. The van der Waals surface area contributed by atoms with Crippen LogP contribution >= 0.6 is 0 Å². The minimum Gasteiger partial charge on any atom is -0.493 e. The monoisotopic (exact) mass is 453 g/mol. The fourth-order valence-corrected chi connectivity index (χ4v) is 3.58. The van der Waals surface area contributed by atoms with E-state index in [1.54, 1.807) is 24.3 Å². The van der Waals surface area contributed by atoms with Crippen LogP contribution in [0.2, 0.25) is 0 Å². The van der Waals surface area contributed by atoms with Gasteiger partial charge in [-0.2, -0.15) is 0 Å². The fourth-order valence-electron chi connectivity index (χ4n) is 3.58. The Morgan fingerprint density at radius 1 is 1.00 bits per heavy atom. The highest BCUT2D eigenvalue weighted by Gasteiger charge is 2.19. The van der Waals surface area contributed by atoms with Gasteiger partial charge in [0.2, 0.25) is 11.8 Å². The number of nitrogens with one attached hydrogen (secondary N) is 3. The molecule has 3 rings (SSSR count). The van der Waals surface area contributed by atoms with Gasteiger partial charge in [-0.05, 0) is 46.9 Å². The Kier molecular flexibility index (Phi) is 8.43. The maximum atomic E-state index is 12.4. The van der Waals surface area contributed by atoms with Crippen LogP contribution < -0.4 is 20.7 Å². The first-order valence-corrected chi connectivity index (χ1v) is 11.2. The van der Waals surface area contributed by atoms with E-state index >= 15 is 0 Å². The van der Waals surface area contributed by atoms with Crippen LogP contribution in [0.5, 0.6) is 5.75 Å². The molecule has 8 heteroatoms. The second kappa shape index (κ2) is 11.5. The fraction of sp³-hybridized carbons (Fsp3) is 0.400. The molecule has 1 atom stereocenters. The van der Waals surface area contributed by atoms with Gasteiger partial charge in [-0.25, -0.2) is 0 Å². The van der Waals surface area contributed by atoms with Gasteiger partial charge in [0.05, 0.1) is 19.1 Å². The van der Waals surface area contributed by atoms with E-state index in [2.05, 4.69) is 29.8 Å². The maximum absolute atomic E-state index is 12.4. The smallest absolute Gasteiger partial charge is 0.305 e. The van der Waals surface area contributed by atoms with Gasteiger partial charge in [0, 0.05) is 31.6 Å². The standard InChI is InChI=1S/C25H31N3O5/c1-16(2)15-33-21-7-4-17(5-8-21)22(12-25(31)32)28-24(30)10-9-23(29)27-20-6-3-18-13-26-14-19(18)11-20/h3-8,11,16,22,26H,9-10,12-15H2,1-2H3,(H,27,29)(H,28,30)(H,31,32). The molecule has 33 heavy (non-hydrogen) atoms. The summed E-state index contributed by atoms with van der Waals surface area (Å²) in [6, 6.07) is 12.1. The molecule has 0 aromatic heterocycles. The highest BCUT2D eigenvalue weighted by atomic mass is 16.5. The van der Waals surface area contributed by atoms with Gasteiger partial charge in [0.15, 0.2) is 0 Å². The number of benzene rings is 2. The summed E-state index contributed by atoms with van der Waals surface area (Å²) >= 11 is 0. The van der Waals surface area contributed by atoms with Crippen molar-refractivity contribution in [1.82, 2.24) is 10.6 Å². The molecule has 0 aliphatic carbocycles. The van der Waals surface area contributed by atoms with Crippen LogP contribution in [0.3, 0.4) is 0 Å². The Morgan fingerprint density at radius 2 is 1.70 bits per heavy atom. The number of rotatable bonds is 11. The van der Waals surface area contributed by atoms with Crippen molar-refractivity contribution in [3.05, 3.63) is 59.2 Å². The molecule has 2 amide bonds. The van der Waals surface area contributed by atoms with Crippen molar-refractivity contribution in [3.63, 3.8) is 0 Å². The largest absolute Gasteiger partial charge is 0.493 e. The first kappa shape index (κ1) is 24.3. The lowest BCUT2D eigenvalue weighted by molar-refractivity contribution is -0.138. The van der Waals surface area contributed by atoms with E-state index in [0.29, 0.717) is 29.5 Å². The number of carboxylic acid groups (broad SMARTS) is 1. The third-order valence-electron chi connectivity index (χ3n) is 5.28. The zero-order chi connectivity index (χ0) is 23.8. The Morgan fingerprint density at radius 3 is 2.39 bits per heavy atom. The molecular formula is C25H31N3O5. The lowest BCUT2D eigenvalue weighted by atomic mass is 10.0. The van der Waals surface area contributed by atoms with Crippen molar-refractivity contribution in [1.29, 1.82) is 0 Å². The summed E-state index contributed by atoms with van der Waals surface area (Å²) in [5, 5.41) is 18.1. The van der Waals surface area contributed by atoms with Crippen LogP contribution in [0.1, 0.15) is 55.8 Å². The summed E-state index contributed by atoms with van der Waals surface area (Å²) in [4.78, 5) is 36.0. The normalized spacial score (nSPS) is 13.3. The Balaban J connectivity index is 1.52. The number of anilines is 1. The van der Waals surface area contributed by atoms with Gasteiger partial charge in [0.25, 0.3) is 0 Å². The van der Waals surface area contributed by atoms with E-state index < -0.39 is 12.0 Å². The quantitative estimate of drug-likeness (QED) is 0.414. The lowest BCUT2D eigenvalue weighted by Gasteiger charge is -2.18. The van der Waals surface area contributed by atoms with E-state index in [4.69, 9.17) is 4.74 Å². The predicted octanol–water partition coefficient (Wildman–Crippen LogP) is 3.38. The Bertz CT molecular complexity index is 988. The molecule has 176 valence electrons. The molecule has 1 unspecified atom stereocenters. The van der Waals surface area contributed by atoms with Gasteiger partial charge in [0.1, 0.15) is 5.75 Å². The summed E-state index contributed by atoms with van der Waals surface area (Å²) in [5.41, 5.74) is 3.74. The number of carbonyl (C=O) groups is 3. The molecular weight excluding hydrogens is 422 g/mol. The van der Waals surface area contributed by atoms with Crippen molar-refractivity contribution in [2.24, 2.45) is 5.92 Å². The van der Waals surface area contributed by atoms with Crippen molar-refractivity contribution in [2.75, 3.05) is 11.9 Å². The van der Waals surface area contributed by atoms with Gasteiger partial charge in [-0.1, -0.05) is 32.0 Å². The van der Waals surface area contributed by atoms with Crippen LogP contribution in [0.4, 0.5) is 5.69 Å². The van der Waals surface area contributed by atoms with Crippen LogP contribution in [0, 0.1) is 5.92 Å². The summed E-state index contributed by atoms with van der Waals surface area (Å²) in [6.07, 6.45) is -0.291. The van der Waals surface area contributed by atoms with Crippen molar-refractivity contribution < 1.29 is 24.2 Å². The van der Waals surface area contributed by atoms with Gasteiger partial charge in [-0.3, -0.25) is 14.4 Å². The summed E-state index contributed by atoms with van der Waals surface area (Å²) in [5.74, 6) is -0.594. The van der Waals surface area contributed by atoms with Gasteiger partial charge in [-0.15, -0.1) is 0 Å². The van der Waals surface area contributed by atoms with E-state index in [9.17, 15) is 19.5 Å². The predicted molar refractivity (Wildman–Crippen MR) is 125 cm³/mol. The molecule has 1 aliphatic heterocycles. The molecule has 8 nitrogen and oxygen atoms in total. The highest BCUT2D eigenvalue weighted by Crippen LogP contribution is 2.22. The van der Waals surface area contributed by atoms with E-state index in [0.717, 1.165) is 18.7 Å². The Hall–Kier alpha value is -3.39. The highest BCUT2D eigenvalue weighted by molar-refractivity contribution is 5.93. The second-order valence-electron chi connectivity index (χ2n) is 8.63. The number of amides is 2. The Labute approximate surface area is 193 Å². The van der Waals surface area contributed by atoms with Crippen LogP contribution in [0.15, 0.2) is 42.5 Å². The number of carbonyl (C=O) groups excluding carboxylic acids is 2. The zero-order valence-electron chi connectivity index (χ0n) is 19.0. The van der Waals surface area contributed by atoms with E-state index in [1.807, 2.05) is 18.2 Å². The van der Waals surface area contributed by atoms with E-state index in [-0.39, 0.29) is 31.1 Å². The average molecular weight is 454 g/mol. The molecule has 0 spiro atoms. The molecule has 4 N–H and O–H groups in total.